The minimum atomic E-state index is 0.637. The Morgan fingerprint density at radius 3 is 1.73 bits per heavy atom. The number of furan rings is 1. The summed E-state index contributed by atoms with van der Waals surface area (Å²) in [7, 11) is 0. The van der Waals surface area contributed by atoms with Gasteiger partial charge in [-0.05, 0) is 92.7 Å². The van der Waals surface area contributed by atoms with Crippen LogP contribution >= 0.6 is 0 Å². The fraction of sp³-hybridized carbons (Fsp3) is 0. The Hall–Kier alpha value is -5.93. The lowest BCUT2D eigenvalue weighted by molar-refractivity contribution is 0.620. The Morgan fingerprint density at radius 1 is 0.341 bits per heavy atom. The maximum absolute atomic E-state index is 6.07. The zero-order valence-electron chi connectivity index (χ0n) is 23.7. The van der Waals surface area contributed by atoms with Crippen molar-refractivity contribution in [2.24, 2.45) is 0 Å². The van der Waals surface area contributed by atoms with Gasteiger partial charge in [0.25, 0.3) is 0 Å². The first-order valence-corrected chi connectivity index (χ1v) is 14.8. The average Bonchev–Trinajstić information content (AvgIpc) is 3.69. The summed E-state index contributed by atoms with van der Waals surface area (Å²) in [6, 6.07) is 53.0. The highest BCUT2D eigenvalue weighted by Crippen LogP contribution is 2.38. The minimum absolute atomic E-state index is 0.637. The zero-order valence-corrected chi connectivity index (χ0v) is 23.7. The van der Waals surface area contributed by atoms with Crippen LogP contribution in [0.25, 0.3) is 88.6 Å². The first-order valence-electron chi connectivity index (χ1n) is 14.8. The van der Waals surface area contributed by atoms with Crippen LogP contribution in [-0.2, 0) is 0 Å². The van der Waals surface area contributed by atoms with Crippen LogP contribution in [0.3, 0.4) is 0 Å². The molecule has 9 rings (SSSR count). The third-order valence-corrected chi connectivity index (χ3v) is 8.54. The first kappa shape index (κ1) is 24.6. The summed E-state index contributed by atoms with van der Waals surface area (Å²) < 4.78 is 12.1. The number of nitrogens with zero attached hydrogens (tertiary/aromatic N) is 1. The number of rotatable bonds is 4. The molecule has 9 aromatic rings. The first-order chi connectivity index (χ1) is 21.8. The van der Waals surface area contributed by atoms with E-state index in [1.807, 2.05) is 36.4 Å². The van der Waals surface area contributed by atoms with Gasteiger partial charge in [-0.15, -0.1) is 0 Å². The molecule has 0 unspecified atom stereocenters. The van der Waals surface area contributed by atoms with Gasteiger partial charge >= 0.3 is 0 Å². The molecule has 0 fully saturated rings. The normalized spacial score (nSPS) is 11.6. The second kappa shape index (κ2) is 9.82. The molecule has 206 valence electrons. The van der Waals surface area contributed by atoms with Crippen molar-refractivity contribution in [3.05, 3.63) is 152 Å². The molecule has 0 bridgehead atoms. The molecule has 0 amide bonds. The lowest BCUT2D eigenvalue weighted by Crippen LogP contribution is -1.87. The van der Waals surface area contributed by atoms with Gasteiger partial charge in [0.2, 0.25) is 5.89 Å². The molecule has 0 aliphatic rings. The van der Waals surface area contributed by atoms with Crippen molar-refractivity contribution in [2.45, 2.75) is 0 Å². The Bertz CT molecular complexity index is 2470. The highest BCUT2D eigenvalue weighted by Gasteiger charge is 2.13. The summed E-state index contributed by atoms with van der Waals surface area (Å²) in [4.78, 5) is 4.66. The fourth-order valence-electron chi connectivity index (χ4n) is 6.36. The molecule has 7 aromatic carbocycles. The van der Waals surface area contributed by atoms with Crippen molar-refractivity contribution >= 4 is 43.8 Å². The lowest BCUT2D eigenvalue weighted by atomic mass is 9.90. The molecule has 3 heteroatoms. The maximum atomic E-state index is 6.07. The number of hydrogen-bond acceptors (Lipinski definition) is 3. The van der Waals surface area contributed by atoms with Crippen LogP contribution in [0.1, 0.15) is 0 Å². The van der Waals surface area contributed by atoms with E-state index >= 15 is 0 Å². The Labute approximate surface area is 253 Å². The van der Waals surface area contributed by atoms with E-state index in [0.717, 1.165) is 44.2 Å². The smallest absolute Gasteiger partial charge is 0.227 e. The molecule has 44 heavy (non-hydrogen) atoms. The number of aromatic nitrogens is 1. The van der Waals surface area contributed by atoms with Crippen molar-refractivity contribution in [1.82, 2.24) is 4.98 Å². The largest absolute Gasteiger partial charge is 0.456 e. The van der Waals surface area contributed by atoms with Crippen molar-refractivity contribution in [1.29, 1.82) is 0 Å². The van der Waals surface area contributed by atoms with Crippen LogP contribution < -0.4 is 0 Å². The molecule has 0 aliphatic heterocycles. The van der Waals surface area contributed by atoms with E-state index in [9.17, 15) is 0 Å². The van der Waals surface area contributed by atoms with E-state index in [2.05, 4.69) is 120 Å². The Kier molecular flexibility index (Phi) is 5.50. The van der Waals surface area contributed by atoms with E-state index in [4.69, 9.17) is 8.83 Å². The van der Waals surface area contributed by atoms with Crippen LogP contribution in [0, 0.1) is 0 Å². The van der Waals surface area contributed by atoms with Gasteiger partial charge in [-0.2, -0.15) is 0 Å². The van der Waals surface area contributed by atoms with E-state index in [0.29, 0.717) is 5.89 Å². The molecule has 3 nitrogen and oxygen atoms in total. The lowest BCUT2D eigenvalue weighted by Gasteiger charge is -2.13. The Balaban J connectivity index is 1.10. The molecule has 0 spiro atoms. The summed E-state index contributed by atoms with van der Waals surface area (Å²) in [6.07, 6.45) is 0. The molecule has 2 heterocycles. The van der Waals surface area contributed by atoms with Crippen LogP contribution in [0.5, 0.6) is 0 Å². The van der Waals surface area contributed by atoms with Gasteiger partial charge in [-0.1, -0.05) is 103 Å². The molecule has 0 N–H and O–H groups in total. The topological polar surface area (TPSA) is 39.2 Å². The minimum Gasteiger partial charge on any atom is -0.456 e. The van der Waals surface area contributed by atoms with Gasteiger partial charge in [-0.3, -0.25) is 0 Å². The third kappa shape index (κ3) is 4.02. The van der Waals surface area contributed by atoms with Crippen molar-refractivity contribution in [3.8, 4) is 44.8 Å². The Morgan fingerprint density at radius 2 is 0.932 bits per heavy atom. The third-order valence-electron chi connectivity index (χ3n) is 8.54. The highest BCUT2D eigenvalue weighted by molar-refractivity contribution is 6.07. The van der Waals surface area contributed by atoms with Gasteiger partial charge in [0.15, 0.2) is 5.58 Å². The average molecular weight is 564 g/mol. The summed E-state index contributed by atoms with van der Waals surface area (Å²) in [6.45, 7) is 0. The molecular weight excluding hydrogens is 538 g/mol. The van der Waals surface area contributed by atoms with Crippen molar-refractivity contribution < 1.29 is 8.83 Å². The van der Waals surface area contributed by atoms with E-state index in [1.54, 1.807) is 0 Å². The number of benzene rings is 7. The van der Waals surface area contributed by atoms with Crippen LogP contribution in [0.2, 0.25) is 0 Å². The summed E-state index contributed by atoms with van der Waals surface area (Å²) in [5, 5.41) is 4.72. The van der Waals surface area contributed by atoms with E-state index < -0.39 is 0 Å². The molecular formula is C41H25NO2. The fourth-order valence-corrected chi connectivity index (χ4v) is 6.36. The van der Waals surface area contributed by atoms with Crippen LogP contribution in [-0.4, -0.2) is 4.98 Å². The summed E-state index contributed by atoms with van der Waals surface area (Å²) in [5.74, 6) is 0.637. The molecule has 0 saturated heterocycles. The van der Waals surface area contributed by atoms with Crippen molar-refractivity contribution in [3.63, 3.8) is 0 Å². The van der Waals surface area contributed by atoms with Crippen molar-refractivity contribution in [2.75, 3.05) is 0 Å². The van der Waals surface area contributed by atoms with Gasteiger partial charge in [-0.25, -0.2) is 4.98 Å². The van der Waals surface area contributed by atoms with E-state index in [1.165, 1.54) is 38.6 Å². The molecule has 0 saturated carbocycles. The summed E-state index contributed by atoms with van der Waals surface area (Å²) in [5.41, 5.74) is 11.6. The van der Waals surface area contributed by atoms with Gasteiger partial charge in [0.1, 0.15) is 16.7 Å². The number of fused-ring (bicyclic) bond motifs is 5. The molecule has 2 aromatic heterocycles. The quantitative estimate of drug-likeness (QED) is 0.214. The van der Waals surface area contributed by atoms with E-state index in [-0.39, 0.29) is 0 Å². The predicted molar refractivity (Wildman–Crippen MR) is 181 cm³/mol. The number of para-hydroxylation sites is 3. The van der Waals surface area contributed by atoms with Crippen LogP contribution in [0.15, 0.2) is 160 Å². The van der Waals surface area contributed by atoms with Gasteiger partial charge < -0.3 is 8.83 Å². The monoisotopic (exact) mass is 563 g/mol. The molecule has 0 atom stereocenters. The maximum Gasteiger partial charge on any atom is 0.227 e. The predicted octanol–water partition coefficient (Wildman–Crippen LogP) is 11.5. The molecule has 0 radical (unpaired) electrons. The van der Waals surface area contributed by atoms with Crippen LogP contribution in [0.4, 0.5) is 0 Å². The number of hydrogen-bond donors (Lipinski definition) is 0. The standard InChI is InChI=1S/C41H25NO2/c1-2-11-34-32(30-9-7-8-28(24-30)29-20-23-39-36(25-29)35-12-3-5-14-38(35)43-39)22-21-31(33(34)10-1)26-16-18-27(19-17-26)41-42-37-13-4-6-15-40(37)44-41/h1-25H. The molecule has 0 aliphatic carbocycles. The zero-order chi connectivity index (χ0) is 29.0. The number of oxazole rings is 1. The van der Waals surface area contributed by atoms with Gasteiger partial charge in [0, 0.05) is 16.3 Å². The SMILES string of the molecule is c1cc(-c2ccc3oc4ccccc4c3c2)cc(-c2ccc(-c3ccc(-c4nc5ccccc5o4)cc3)c3ccccc23)c1. The summed E-state index contributed by atoms with van der Waals surface area (Å²) >= 11 is 0. The second-order valence-electron chi connectivity index (χ2n) is 11.2. The second-order valence-corrected chi connectivity index (χ2v) is 11.2. The highest BCUT2D eigenvalue weighted by atomic mass is 16.3. The van der Waals surface area contributed by atoms with Gasteiger partial charge in [0.05, 0.1) is 0 Å².